The highest BCUT2D eigenvalue weighted by Crippen LogP contribution is 2.35. The number of hydrogen-bond acceptors (Lipinski definition) is 3. The van der Waals surface area contributed by atoms with Crippen molar-refractivity contribution in [1.29, 1.82) is 0 Å². The molecule has 0 aliphatic carbocycles. The molecule has 0 spiro atoms. The van der Waals surface area contributed by atoms with Gasteiger partial charge in [-0.1, -0.05) is 6.07 Å². The first-order chi connectivity index (χ1) is 8.70. The molecule has 5 heteroatoms. The van der Waals surface area contributed by atoms with Crippen molar-refractivity contribution in [3.63, 3.8) is 0 Å². The van der Waals surface area contributed by atoms with E-state index >= 15 is 0 Å². The second-order valence-corrected chi connectivity index (χ2v) is 4.95. The summed E-state index contributed by atoms with van der Waals surface area (Å²) in [6.07, 6.45) is 3.37. The fourth-order valence-electron chi connectivity index (χ4n) is 1.54. The van der Waals surface area contributed by atoms with Crippen LogP contribution >= 0.6 is 11.8 Å². The fraction of sp³-hybridized carbons (Fsp3) is 0.154. The summed E-state index contributed by atoms with van der Waals surface area (Å²) in [7, 11) is 0. The van der Waals surface area contributed by atoms with Crippen LogP contribution in [-0.4, -0.2) is 11.5 Å². The van der Waals surface area contributed by atoms with Crippen LogP contribution in [0.4, 0.5) is 8.78 Å². The van der Waals surface area contributed by atoms with E-state index in [2.05, 4.69) is 4.98 Å². The number of pyridine rings is 1. The zero-order valence-electron chi connectivity index (χ0n) is 9.51. The molecular weight excluding hydrogens is 254 g/mol. The van der Waals surface area contributed by atoms with Crippen LogP contribution in [0.5, 0.6) is 0 Å². The third kappa shape index (κ3) is 3.05. The van der Waals surface area contributed by atoms with Crippen molar-refractivity contribution in [2.24, 2.45) is 5.73 Å². The highest BCUT2D eigenvalue weighted by atomic mass is 32.2. The van der Waals surface area contributed by atoms with Crippen molar-refractivity contribution in [2.75, 3.05) is 6.54 Å². The zero-order chi connectivity index (χ0) is 13.0. The molecule has 2 aromatic rings. The van der Waals surface area contributed by atoms with Gasteiger partial charge in [-0.05, 0) is 23.8 Å². The molecule has 0 amide bonds. The van der Waals surface area contributed by atoms with Crippen molar-refractivity contribution in [1.82, 2.24) is 4.98 Å². The summed E-state index contributed by atoms with van der Waals surface area (Å²) < 4.78 is 26.4. The van der Waals surface area contributed by atoms with Gasteiger partial charge in [0, 0.05) is 35.2 Å². The van der Waals surface area contributed by atoms with Gasteiger partial charge < -0.3 is 5.73 Å². The monoisotopic (exact) mass is 266 g/mol. The van der Waals surface area contributed by atoms with Gasteiger partial charge in [0.2, 0.25) is 0 Å². The normalized spacial score (nSPS) is 12.4. The van der Waals surface area contributed by atoms with E-state index in [1.165, 1.54) is 23.9 Å². The molecule has 2 nitrogen and oxygen atoms in total. The lowest BCUT2D eigenvalue weighted by Gasteiger charge is -2.14. The van der Waals surface area contributed by atoms with Crippen molar-refractivity contribution >= 4 is 11.8 Å². The Bertz CT molecular complexity index is 520. The number of rotatable bonds is 4. The molecular formula is C13H12F2N2S. The van der Waals surface area contributed by atoms with Crippen LogP contribution in [0.1, 0.15) is 10.8 Å². The van der Waals surface area contributed by atoms with Crippen LogP contribution in [0.3, 0.4) is 0 Å². The molecule has 1 atom stereocenters. The Morgan fingerprint density at radius 1 is 1.28 bits per heavy atom. The lowest BCUT2D eigenvalue weighted by atomic mass is 10.2. The maximum absolute atomic E-state index is 13.5. The summed E-state index contributed by atoms with van der Waals surface area (Å²) in [5.74, 6) is -1.15. The Morgan fingerprint density at radius 2 is 2.11 bits per heavy atom. The molecule has 0 radical (unpaired) electrons. The largest absolute Gasteiger partial charge is 0.329 e. The van der Waals surface area contributed by atoms with E-state index in [1.54, 1.807) is 18.5 Å². The molecule has 2 rings (SSSR count). The second-order valence-electron chi connectivity index (χ2n) is 3.70. The van der Waals surface area contributed by atoms with E-state index in [1.807, 2.05) is 6.07 Å². The molecule has 94 valence electrons. The number of thioether (sulfide) groups is 1. The van der Waals surface area contributed by atoms with E-state index in [-0.39, 0.29) is 5.25 Å². The van der Waals surface area contributed by atoms with Gasteiger partial charge >= 0.3 is 0 Å². The lowest BCUT2D eigenvalue weighted by molar-refractivity contribution is 0.565. The van der Waals surface area contributed by atoms with Gasteiger partial charge in [0.05, 0.1) is 0 Å². The fourth-order valence-corrected chi connectivity index (χ4v) is 2.54. The first-order valence-corrected chi connectivity index (χ1v) is 6.30. The minimum atomic E-state index is -0.581. The molecule has 0 bridgehead atoms. The first kappa shape index (κ1) is 13.0. The smallest absolute Gasteiger partial charge is 0.139 e. The third-order valence-electron chi connectivity index (χ3n) is 2.43. The maximum Gasteiger partial charge on any atom is 0.139 e. The third-order valence-corrected chi connectivity index (χ3v) is 3.77. The quantitative estimate of drug-likeness (QED) is 0.864. The van der Waals surface area contributed by atoms with Gasteiger partial charge in [0.15, 0.2) is 0 Å². The van der Waals surface area contributed by atoms with Crippen molar-refractivity contribution < 1.29 is 8.78 Å². The highest BCUT2D eigenvalue weighted by Gasteiger charge is 2.14. The first-order valence-electron chi connectivity index (χ1n) is 5.42. The summed E-state index contributed by atoms with van der Waals surface area (Å²) in [6, 6.07) is 7.23. The molecule has 18 heavy (non-hydrogen) atoms. The van der Waals surface area contributed by atoms with Crippen LogP contribution in [-0.2, 0) is 0 Å². The Kier molecular flexibility index (Phi) is 4.28. The molecule has 1 unspecified atom stereocenters. The zero-order valence-corrected chi connectivity index (χ0v) is 10.3. The Labute approximate surface area is 108 Å². The van der Waals surface area contributed by atoms with E-state index < -0.39 is 11.6 Å². The number of aromatic nitrogens is 1. The number of benzene rings is 1. The van der Waals surface area contributed by atoms with Gasteiger partial charge in [-0.3, -0.25) is 4.98 Å². The molecule has 0 fully saturated rings. The minimum Gasteiger partial charge on any atom is -0.329 e. The predicted molar refractivity (Wildman–Crippen MR) is 68.2 cm³/mol. The van der Waals surface area contributed by atoms with E-state index in [0.717, 1.165) is 11.6 Å². The average Bonchev–Trinajstić information content (AvgIpc) is 2.39. The van der Waals surface area contributed by atoms with Crippen molar-refractivity contribution in [3.05, 3.63) is 59.9 Å². The van der Waals surface area contributed by atoms with Gasteiger partial charge in [-0.25, -0.2) is 8.78 Å². The van der Waals surface area contributed by atoms with Crippen LogP contribution in [0.25, 0.3) is 0 Å². The topological polar surface area (TPSA) is 38.9 Å². The van der Waals surface area contributed by atoms with E-state index in [0.29, 0.717) is 11.4 Å². The Balaban J connectivity index is 2.21. The van der Waals surface area contributed by atoms with Crippen molar-refractivity contribution in [2.45, 2.75) is 10.1 Å². The molecule has 0 aliphatic heterocycles. The predicted octanol–water partition coefficient (Wildman–Crippen LogP) is 3.15. The Morgan fingerprint density at radius 3 is 2.72 bits per heavy atom. The number of nitrogens with two attached hydrogens (primary N) is 1. The molecule has 0 saturated heterocycles. The summed E-state index contributed by atoms with van der Waals surface area (Å²) in [6.45, 7) is 0.354. The van der Waals surface area contributed by atoms with Crippen LogP contribution in [0.15, 0.2) is 47.6 Å². The van der Waals surface area contributed by atoms with Crippen LogP contribution in [0.2, 0.25) is 0 Å². The molecule has 1 heterocycles. The SMILES string of the molecule is NCC(Sc1ccc(F)cc1F)c1cccnc1. The van der Waals surface area contributed by atoms with E-state index in [4.69, 9.17) is 5.73 Å². The lowest BCUT2D eigenvalue weighted by Crippen LogP contribution is -2.09. The molecule has 0 saturated carbocycles. The van der Waals surface area contributed by atoms with Gasteiger partial charge in [-0.2, -0.15) is 0 Å². The van der Waals surface area contributed by atoms with E-state index in [9.17, 15) is 8.78 Å². The minimum absolute atomic E-state index is 0.0985. The standard InChI is InChI=1S/C13H12F2N2S/c14-10-3-4-12(11(15)6-10)18-13(7-16)9-2-1-5-17-8-9/h1-6,8,13H,7,16H2. The van der Waals surface area contributed by atoms with Crippen molar-refractivity contribution in [3.8, 4) is 0 Å². The summed E-state index contributed by atoms with van der Waals surface area (Å²) in [5, 5.41) is -0.0985. The van der Waals surface area contributed by atoms with Gasteiger partial charge in [0.1, 0.15) is 11.6 Å². The average molecular weight is 266 g/mol. The summed E-state index contributed by atoms with van der Waals surface area (Å²) in [5.41, 5.74) is 6.61. The van der Waals surface area contributed by atoms with Gasteiger partial charge in [-0.15, -0.1) is 11.8 Å². The highest BCUT2D eigenvalue weighted by molar-refractivity contribution is 7.99. The maximum atomic E-state index is 13.5. The van der Waals surface area contributed by atoms with Crippen LogP contribution in [0, 0.1) is 11.6 Å². The molecule has 1 aromatic heterocycles. The molecule has 2 N–H and O–H groups in total. The summed E-state index contributed by atoms with van der Waals surface area (Å²) >= 11 is 1.27. The number of halogens is 2. The number of hydrogen-bond donors (Lipinski definition) is 1. The second kappa shape index (κ2) is 5.93. The summed E-state index contributed by atoms with van der Waals surface area (Å²) in [4.78, 5) is 4.39. The molecule has 1 aromatic carbocycles. The van der Waals surface area contributed by atoms with Gasteiger partial charge in [0.25, 0.3) is 0 Å². The number of nitrogens with zero attached hydrogens (tertiary/aromatic N) is 1. The van der Waals surface area contributed by atoms with Crippen LogP contribution < -0.4 is 5.73 Å². The Hall–Kier alpha value is -1.46. The molecule has 0 aliphatic rings.